The molecule has 4 aromatic rings. The van der Waals surface area contributed by atoms with Gasteiger partial charge in [-0.15, -0.1) is 0 Å². The molecule has 1 saturated heterocycles. The van der Waals surface area contributed by atoms with Crippen molar-refractivity contribution in [1.29, 1.82) is 0 Å². The third-order valence-corrected chi connectivity index (χ3v) is 8.92. The van der Waals surface area contributed by atoms with E-state index >= 15 is 0 Å². The first-order chi connectivity index (χ1) is 24.5. The van der Waals surface area contributed by atoms with Gasteiger partial charge in [0, 0.05) is 47.9 Å². The predicted octanol–water partition coefficient (Wildman–Crippen LogP) is 4.30. The topological polar surface area (TPSA) is 129 Å². The molecule has 2 aliphatic rings. The maximum absolute atomic E-state index is 14.5. The normalized spacial score (nSPS) is 17.9. The average molecular weight is 703 g/mol. The van der Waals surface area contributed by atoms with Crippen molar-refractivity contribution in [3.05, 3.63) is 119 Å². The molecule has 14 heteroatoms. The molecule has 11 nitrogen and oxygen atoms in total. The number of aryl methyl sites for hydroxylation is 1. The van der Waals surface area contributed by atoms with Crippen LogP contribution in [0.5, 0.6) is 0 Å². The summed E-state index contributed by atoms with van der Waals surface area (Å²) < 4.78 is 47.6. The number of carbonyl (C=O) groups is 3. The number of aliphatic hydroxyl groups is 1. The first-order valence-corrected chi connectivity index (χ1v) is 16.4. The Labute approximate surface area is 292 Å². The van der Waals surface area contributed by atoms with Gasteiger partial charge in [0.25, 0.3) is 17.7 Å². The van der Waals surface area contributed by atoms with Crippen LogP contribution in [0.3, 0.4) is 0 Å². The monoisotopic (exact) mass is 702 g/mol. The van der Waals surface area contributed by atoms with E-state index in [2.05, 4.69) is 22.1 Å². The van der Waals surface area contributed by atoms with Gasteiger partial charge in [0.05, 0.1) is 43.3 Å². The van der Waals surface area contributed by atoms with E-state index in [4.69, 9.17) is 9.84 Å². The number of fused-ring (bicyclic) bond motifs is 1. The number of rotatable bonds is 10. The lowest BCUT2D eigenvalue weighted by Crippen LogP contribution is -2.56. The number of halogens is 3. The minimum Gasteiger partial charge on any atom is -0.395 e. The van der Waals surface area contributed by atoms with Gasteiger partial charge in [0.2, 0.25) is 0 Å². The van der Waals surface area contributed by atoms with Crippen LogP contribution in [0, 0.1) is 6.92 Å². The van der Waals surface area contributed by atoms with Gasteiger partial charge in [-0.05, 0) is 55.0 Å². The molecular formula is C37H37F3N6O5. The van der Waals surface area contributed by atoms with E-state index < -0.39 is 48.0 Å². The van der Waals surface area contributed by atoms with Gasteiger partial charge in [-0.2, -0.15) is 18.3 Å². The van der Waals surface area contributed by atoms with Gasteiger partial charge in [0.15, 0.2) is 0 Å². The van der Waals surface area contributed by atoms with Gasteiger partial charge in [0.1, 0.15) is 11.9 Å². The standard InChI is InChI=1S/C37H37F3N6O5/c1-23(22-44-15-18-51-19-16-44)33(48)41-28-11-7-8-25(21-28)31-30-24(2)43-46(29-12-4-3-5-13-29)35(30)45(14-17-47)36(50)32(31)42-34(49)26-9-6-10-27(20-26)37(38,39)40/h3-13,20-21,31-32,47H,1,14-19,22H2,2H3,(H,41,48)(H,42,49)/t31-,32+/m1/s1. The highest BCUT2D eigenvalue weighted by molar-refractivity contribution is 6.06. The molecule has 2 atom stereocenters. The number of para-hydroxylation sites is 1. The lowest BCUT2D eigenvalue weighted by Gasteiger charge is -2.38. The summed E-state index contributed by atoms with van der Waals surface area (Å²) in [6.07, 6.45) is -4.69. The van der Waals surface area contributed by atoms with Crippen LogP contribution in [0.2, 0.25) is 0 Å². The van der Waals surface area contributed by atoms with Gasteiger partial charge < -0.3 is 20.5 Å². The number of aromatic nitrogens is 2. The van der Waals surface area contributed by atoms with Crippen LogP contribution in [0.15, 0.2) is 91.0 Å². The molecule has 0 unspecified atom stereocenters. The van der Waals surface area contributed by atoms with Crippen LogP contribution in [0.25, 0.3) is 5.69 Å². The molecule has 3 heterocycles. The molecule has 3 aromatic carbocycles. The van der Waals surface area contributed by atoms with Crippen LogP contribution >= 0.6 is 0 Å². The highest BCUT2D eigenvalue weighted by atomic mass is 19.4. The quantitative estimate of drug-likeness (QED) is 0.211. The number of aliphatic hydroxyl groups excluding tert-OH is 1. The van der Waals surface area contributed by atoms with Gasteiger partial charge >= 0.3 is 6.18 Å². The molecule has 6 rings (SSSR count). The minimum absolute atomic E-state index is 0.145. The van der Waals surface area contributed by atoms with E-state index in [1.165, 1.54) is 11.0 Å². The van der Waals surface area contributed by atoms with Crippen molar-refractivity contribution < 1.29 is 37.4 Å². The van der Waals surface area contributed by atoms with Crippen LogP contribution in [0.1, 0.15) is 38.7 Å². The van der Waals surface area contributed by atoms with E-state index in [1.54, 1.807) is 35.9 Å². The highest BCUT2D eigenvalue weighted by Crippen LogP contribution is 2.44. The number of nitrogens with zero attached hydrogens (tertiary/aromatic N) is 4. The van der Waals surface area contributed by atoms with Crippen molar-refractivity contribution >= 4 is 29.2 Å². The molecule has 3 amide bonds. The Morgan fingerprint density at radius 2 is 1.75 bits per heavy atom. The Kier molecular flexibility index (Phi) is 10.4. The van der Waals surface area contributed by atoms with E-state index in [1.807, 2.05) is 30.3 Å². The van der Waals surface area contributed by atoms with E-state index in [-0.39, 0.29) is 12.1 Å². The summed E-state index contributed by atoms with van der Waals surface area (Å²) in [6.45, 7) is 8.01. The first-order valence-electron chi connectivity index (χ1n) is 16.4. The third kappa shape index (κ3) is 7.58. The van der Waals surface area contributed by atoms with Crippen LogP contribution in [-0.2, 0) is 20.5 Å². The SMILES string of the molecule is C=C(CN1CCOCC1)C(=O)Nc1cccc([C@@H]2c3c(C)nn(-c4ccccc4)c3N(CCO)C(=O)[C@H]2NC(=O)c2cccc(C(F)(F)F)c2)c1. The molecule has 2 aliphatic heterocycles. The summed E-state index contributed by atoms with van der Waals surface area (Å²) in [5, 5.41) is 20.4. The fourth-order valence-electron chi connectivity index (χ4n) is 6.49. The molecule has 266 valence electrons. The van der Waals surface area contributed by atoms with Crippen molar-refractivity contribution in [2.24, 2.45) is 0 Å². The number of amides is 3. The molecule has 0 aliphatic carbocycles. The number of alkyl halides is 3. The van der Waals surface area contributed by atoms with Crippen molar-refractivity contribution in [2.75, 3.05) is 56.2 Å². The number of hydrogen-bond donors (Lipinski definition) is 3. The summed E-state index contributed by atoms with van der Waals surface area (Å²) in [6, 6.07) is 18.5. The maximum Gasteiger partial charge on any atom is 0.416 e. The lowest BCUT2D eigenvalue weighted by atomic mass is 9.80. The summed E-state index contributed by atoms with van der Waals surface area (Å²) in [7, 11) is 0. The Bertz CT molecular complexity index is 1940. The summed E-state index contributed by atoms with van der Waals surface area (Å²) >= 11 is 0. The molecule has 0 bridgehead atoms. The van der Waals surface area contributed by atoms with E-state index in [0.29, 0.717) is 72.4 Å². The second kappa shape index (κ2) is 14.9. The fourth-order valence-corrected chi connectivity index (χ4v) is 6.49. The van der Waals surface area contributed by atoms with E-state index in [0.717, 1.165) is 18.2 Å². The number of nitrogens with one attached hydrogen (secondary N) is 2. The molecule has 1 fully saturated rings. The number of benzene rings is 3. The van der Waals surface area contributed by atoms with Crippen molar-refractivity contribution in [2.45, 2.75) is 25.1 Å². The molecule has 1 aromatic heterocycles. The summed E-state index contributed by atoms with van der Waals surface area (Å²) in [5.74, 6) is -2.42. The minimum atomic E-state index is -4.69. The molecule has 3 N–H and O–H groups in total. The molecule has 0 saturated carbocycles. The number of ether oxygens (including phenoxy) is 1. The van der Waals surface area contributed by atoms with Crippen LogP contribution < -0.4 is 15.5 Å². The average Bonchev–Trinajstić information content (AvgIpc) is 3.46. The second-order valence-electron chi connectivity index (χ2n) is 12.4. The maximum atomic E-state index is 14.5. The largest absolute Gasteiger partial charge is 0.416 e. The second-order valence-corrected chi connectivity index (χ2v) is 12.4. The van der Waals surface area contributed by atoms with Gasteiger partial charge in [-0.1, -0.05) is 43.0 Å². The van der Waals surface area contributed by atoms with Crippen molar-refractivity contribution in [1.82, 2.24) is 20.0 Å². The van der Waals surface area contributed by atoms with Gasteiger partial charge in [-0.25, -0.2) is 4.68 Å². The zero-order chi connectivity index (χ0) is 36.3. The summed E-state index contributed by atoms with van der Waals surface area (Å²) in [4.78, 5) is 44.7. The van der Waals surface area contributed by atoms with Crippen molar-refractivity contribution in [3.8, 4) is 5.69 Å². The number of β-amino-alcohol motifs (C(OH)–C–C–N with tert-alkyl or cyclic N) is 1. The van der Waals surface area contributed by atoms with Crippen LogP contribution in [0.4, 0.5) is 24.7 Å². The number of anilines is 2. The van der Waals surface area contributed by atoms with Crippen LogP contribution in [-0.4, -0.2) is 89.5 Å². The zero-order valence-electron chi connectivity index (χ0n) is 27.8. The number of carbonyl (C=O) groups excluding carboxylic acids is 3. The molecule has 0 spiro atoms. The van der Waals surface area contributed by atoms with Crippen molar-refractivity contribution in [3.63, 3.8) is 0 Å². The summed E-state index contributed by atoms with van der Waals surface area (Å²) in [5.41, 5.74) is 1.70. The van der Waals surface area contributed by atoms with Gasteiger partial charge in [-0.3, -0.25) is 24.2 Å². The number of morpholine rings is 1. The highest BCUT2D eigenvalue weighted by Gasteiger charge is 2.46. The smallest absolute Gasteiger partial charge is 0.395 e. The lowest BCUT2D eigenvalue weighted by molar-refractivity contribution is -0.137. The first kappa shape index (κ1) is 35.5. The number of hydrogen-bond acceptors (Lipinski definition) is 7. The predicted molar refractivity (Wildman–Crippen MR) is 184 cm³/mol. The Morgan fingerprint density at radius 1 is 1.02 bits per heavy atom. The molecular weight excluding hydrogens is 665 g/mol. The zero-order valence-corrected chi connectivity index (χ0v) is 27.8. The Hall–Kier alpha value is -5.31. The third-order valence-electron chi connectivity index (χ3n) is 8.92. The fraction of sp³-hybridized carbons (Fsp3) is 0.297. The van der Waals surface area contributed by atoms with E-state index in [9.17, 15) is 32.7 Å². The Morgan fingerprint density at radius 3 is 2.45 bits per heavy atom. The Balaban J connectivity index is 1.41. The molecule has 0 radical (unpaired) electrons. The molecule has 51 heavy (non-hydrogen) atoms.